The highest BCUT2D eigenvalue weighted by atomic mass is 19.4. The van der Waals surface area contributed by atoms with E-state index in [0.29, 0.717) is 11.8 Å². The van der Waals surface area contributed by atoms with Gasteiger partial charge in [0.15, 0.2) is 6.29 Å². The Morgan fingerprint density at radius 1 is 1.17 bits per heavy atom. The summed E-state index contributed by atoms with van der Waals surface area (Å²) >= 11 is 0. The smallest absolute Gasteiger partial charge is 0.298 e. The summed E-state index contributed by atoms with van der Waals surface area (Å²) in [4.78, 5) is 18.1. The molecule has 0 aliphatic rings. The van der Waals surface area contributed by atoms with Crippen LogP contribution in [-0.2, 0) is 6.18 Å². The highest BCUT2D eigenvalue weighted by Crippen LogP contribution is 2.30. The zero-order chi connectivity index (χ0) is 13.2. The van der Waals surface area contributed by atoms with Gasteiger partial charge in [-0.3, -0.25) is 9.78 Å². The first kappa shape index (κ1) is 12.2. The number of carbonyl (C=O) groups excluding carboxylic acids is 1. The van der Waals surface area contributed by atoms with Crippen LogP contribution in [-0.4, -0.2) is 16.3 Å². The first-order chi connectivity index (χ1) is 8.52. The summed E-state index contributed by atoms with van der Waals surface area (Å²) in [5.41, 5.74) is -0.596. The van der Waals surface area contributed by atoms with Crippen molar-refractivity contribution in [3.05, 3.63) is 47.9 Å². The second kappa shape index (κ2) is 4.56. The summed E-state index contributed by atoms with van der Waals surface area (Å²) in [5, 5.41) is 0. The topological polar surface area (TPSA) is 42.9 Å². The van der Waals surface area contributed by atoms with Gasteiger partial charge in [-0.15, -0.1) is 0 Å². The van der Waals surface area contributed by atoms with E-state index < -0.39 is 11.9 Å². The Bertz CT molecular complexity index is 567. The Kier molecular flexibility index (Phi) is 3.10. The van der Waals surface area contributed by atoms with Crippen molar-refractivity contribution in [1.82, 2.24) is 9.97 Å². The molecular weight excluding hydrogens is 245 g/mol. The van der Waals surface area contributed by atoms with Gasteiger partial charge in [-0.2, -0.15) is 13.2 Å². The average molecular weight is 252 g/mol. The summed E-state index contributed by atoms with van der Waals surface area (Å²) in [6.45, 7) is 0. The lowest BCUT2D eigenvalue weighted by Gasteiger charge is -2.09. The number of pyridine rings is 2. The van der Waals surface area contributed by atoms with Crippen molar-refractivity contribution in [2.45, 2.75) is 6.18 Å². The van der Waals surface area contributed by atoms with Gasteiger partial charge in [-0.05, 0) is 24.3 Å². The molecule has 2 heterocycles. The lowest BCUT2D eigenvalue weighted by atomic mass is 10.1. The third kappa shape index (κ3) is 2.37. The maximum absolute atomic E-state index is 12.6. The molecule has 0 radical (unpaired) electrons. The molecule has 3 nitrogen and oxygen atoms in total. The van der Waals surface area contributed by atoms with E-state index in [2.05, 4.69) is 9.97 Å². The third-order valence-corrected chi connectivity index (χ3v) is 2.28. The molecule has 18 heavy (non-hydrogen) atoms. The maximum atomic E-state index is 12.6. The molecule has 0 unspecified atom stereocenters. The second-order valence-electron chi connectivity index (χ2n) is 3.49. The SMILES string of the molecule is O=Cc1ccc(C(F)(F)F)nc1-c1cccnc1. The number of hydrogen-bond acceptors (Lipinski definition) is 3. The van der Waals surface area contributed by atoms with Gasteiger partial charge < -0.3 is 0 Å². The summed E-state index contributed by atoms with van der Waals surface area (Å²) in [7, 11) is 0. The molecule has 2 aromatic heterocycles. The van der Waals surface area contributed by atoms with E-state index in [9.17, 15) is 18.0 Å². The van der Waals surface area contributed by atoms with Crippen LogP contribution >= 0.6 is 0 Å². The normalized spacial score (nSPS) is 11.3. The lowest BCUT2D eigenvalue weighted by molar-refractivity contribution is -0.141. The number of alkyl halides is 3. The van der Waals surface area contributed by atoms with E-state index in [1.54, 1.807) is 12.1 Å². The Balaban J connectivity index is 2.61. The minimum atomic E-state index is -4.54. The van der Waals surface area contributed by atoms with Crippen LogP contribution in [0, 0.1) is 0 Å². The van der Waals surface area contributed by atoms with Crippen LogP contribution in [0.4, 0.5) is 13.2 Å². The van der Waals surface area contributed by atoms with Crippen LogP contribution in [0.2, 0.25) is 0 Å². The van der Waals surface area contributed by atoms with Gasteiger partial charge in [-0.1, -0.05) is 0 Å². The van der Waals surface area contributed by atoms with Crippen LogP contribution in [0.25, 0.3) is 11.3 Å². The Hall–Kier alpha value is -2.24. The molecule has 0 saturated heterocycles. The number of carbonyl (C=O) groups is 1. The van der Waals surface area contributed by atoms with Gasteiger partial charge in [0, 0.05) is 23.5 Å². The molecule has 0 aliphatic heterocycles. The van der Waals surface area contributed by atoms with Crippen LogP contribution in [0.1, 0.15) is 16.1 Å². The molecule has 0 aromatic carbocycles. The number of halogens is 3. The molecule has 2 rings (SSSR count). The molecule has 0 N–H and O–H groups in total. The largest absolute Gasteiger partial charge is 0.433 e. The molecule has 0 aliphatic carbocycles. The molecular formula is C12H7F3N2O. The summed E-state index contributed by atoms with van der Waals surface area (Å²) in [6, 6.07) is 4.99. The Morgan fingerprint density at radius 2 is 1.94 bits per heavy atom. The van der Waals surface area contributed by atoms with Gasteiger partial charge in [-0.25, -0.2) is 4.98 Å². The molecule has 0 spiro atoms. The number of rotatable bonds is 2. The molecule has 0 atom stereocenters. The van der Waals surface area contributed by atoms with Crippen molar-refractivity contribution < 1.29 is 18.0 Å². The lowest BCUT2D eigenvalue weighted by Crippen LogP contribution is -2.09. The minimum absolute atomic E-state index is 0.0204. The summed E-state index contributed by atoms with van der Waals surface area (Å²) in [6.07, 6.45) is -1.24. The minimum Gasteiger partial charge on any atom is -0.298 e. The number of aldehydes is 1. The van der Waals surface area contributed by atoms with E-state index in [1.165, 1.54) is 12.4 Å². The highest BCUT2D eigenvalue weighted by Gasteiger charge is 2.33. The van der Waals surface area contributed by atoms with Crippen molar-refractivity contribution >= 4 is 6.29 Å². The predicted octanol–water partition coefficient (Wildman–Crippen LogP) is 2.97. The molecule has 0 bridgehead atoms. The second-order valence-corrected chi connectivity index (χ2v) is 3.49. The number of nitrogens with zero attached hydrogens (tertiary/aromatic N) is 2. The summed E-state index contributed by atoms with van der Waals surface area (Å²) < 4.78 is 37.7. The number of hydrogen-bond donors (Lipinski definition) is 0. The fourth-order valence-electron chi connectivity index (χ4n) is 1.46. The quantitative estimate of drug-likeness (QED) is 0.771. The highest BCUT2D eigenvalue weighted by molar-refractivity contribution is 5.85. The van der Waals surface area contributed by atoms with Crippen molar-refractivity contribution in [2.24, 2.45) is 0 Å². The van der Waals surface area contributed by atoms with E-state index >= 15 is 0 Å². The zero-order valence-corrected chi connectivity index (χ0v) is 8.98. The van der Waals surface area contributed by atoms with E-state index in [4.69, 9.17) is 0 Å². The standard InChI is InChI=1S/C12H7F3N2O/c13-12(14,15)10-4-3-9(7-18)11(17-10)8-2-1-5-16-6-8/h1-7H. The van der Waals surface area contributed by atoms with Crippen molar-refractivity contribution in [2.75, 3.05) is 0 Å². The van der Waals surface area contributed by atoms with Crippen molar-refractivity contribution in [3.8, 4) is 11.3 Å². The molecule has 0 amide bonds. The monoisotopic (exact) mass is 252 g/mol. The molecule has 0 fully saturated rings. The van der Waals surface area contributed by atoms with E-state index in [1.807, 2.05) is 0 Å². The fourth-order valence-corrected chi connectivity index (χ4v) is 1.46. The average Bonchev–Trinajstić information content (AvgIpc) is 2.38. The molecule has 92 valence electrons. The zero-order valence-electron chi connectivity index (χ0n) is 8.98. The van der Waals surface area contributed by atoms with E-state index in [0.717, 1.165) is 12.1 Å². The van der Waals surface area contributed by atoms with Crippen LogP contribution in [0.3, 0.4) is 0 Å². The molecule has 2 aromatic rings. The van der Waals surface area contributed by atoms with Gasteiger partial charge in [0.1, 0.15) is 5.69 Å². The van der Waals surface area contributed by atoms with Gasteiger partial charge >= 0.3 is 6.18 Å². The van der Waals surface area contributed by atoms with Crippen LogP contribution in [0.15, 0.2) is 36.7 Å². The summed E-state index contributed by atoms with van der Waals surface area (Å²) in [5.74, 6) is 0. The Morgan fingerprint density at radius 3 is 2.50 bits per heavy atom. The van der Waals surface area contributed by atoms with E-state index in [-0.39, 0.29) is 11.3 Å². The molecule has 6 heteroatoms. The third-order valence-electron chi connectivity index (χ3n) is 2.28. The van der Waals surface area contributed by atoms with Gasteiger partial charge in [0.25, 0.3) is 0 Å². The van der Waals surface area contributed by atoms with Crippen molar-refractivity contribution in [1.29, 1.82) is 0 Å². The van der Waals surface area contributed by atoms with Crippen LogP contribution in [0.5, 0.6) is 0 Å². The maximum Gasteiger partial charge on any atom is 0.433 e. The van der Waals surface area contributed by atoms with Gasteiger partial charge in [0.05, 0.1) is 5.69 Å². The first-order valence-electron chi connectivity index (χ1n) is 4.96. The van der Waals surface area contributed by atoms with Crippen LogP contribution < -0.4 is 0 Å². The number of aromatic nitrogens is 2. The fraction of sp³-hybridized carbons (Fsp3) is 0.0833. The Labute approximate surface area is 100 Å². The van der Waals surface area contributed by atoms with Crippen molar-refractivity contribution in [3.63, 3.8) is 0 Å². The predicted molar refractivity (Wildman–Crippen MR) is 57.9 cm³/mol. The first-order valence-corrected chi connectivity index (χ1v) is 4.96. The van der Waals surface area contributed by atoms with Gasteiger partial charge in [0.2, 0.25) is 0 Å². The molecule has 0 saturated carbocycles.